The first kappa shape index (κ1) is 30.8. The Bertz CT molecular complexity index is 1210. The third-order valence-corrected chi connectivity index (χ3v) is 11.5. The number of ketones is 3. The van der Waals surface area contributed by atoms with Gasteiger partial charge >= 0.3 is 5.97 Å². The third-order valence-electron chi connectivity index (χ3n) is 11.5. The minimum absolute atomic E-state index is 0.0284. The van der Waals surface area contributed by atoms with Gasteiger partial charge in [0.1, 0.15) is 23.1 Å². The normalized spacial score (nSPS) is 42.4. The summed E-state index contributed by atoms with van der Waals surface area (Å²) in [6, 6.07) is 0. The maximum Gasteiger partial charge on any atom is 0.303 e. The second-order valence-electron chi connectivity index (χ2n) is 14.8. The fraction of sp³-hybridized carbons (Fsp3) is 0.750. The summed E-state index contributed by atoms with van der Waals surface area (Å²) in [4.78, 5) is 52.1. The van der Waals surface area contributed by atoms with E-state index >= 15 is 0 Å². The van der Waals surface area contributed by atoms with Crippen LogP contribution < -0.4 is 0 Å². The predicted octanol–water partition coefficient (Wildman–Crippen LogP) is 3.50. The molecular formula is C32H46O8. The number of fused-ring (bicyclic) bond motifs is 5. The lowest BCUT2D eigenvalue weighted by Gasteiger charge is -2.64. The average molecular weight is 559 g/mol. The van der Waals surface area contributed by atoms with Gasteiger partial charge in [0.25, 0.3) is 0 Å². The Morgan fingerprint density at radius 1 is 1.05 bits per heavy atom. The van der Waals surface area contributed by atoms with E-state index in [0.717, 1.165) is 5.57 Å². The number of aliphatic hydroxyl groups excluding tert-OH is 2. The van der Waals surface area contributed by atoms with E-state index in [-0.39, 0.29) is 36.2 Å². The summed E-state index contributed by atoms with van der Waals surface area (Å²) in [6.45, 7) is 15.4. The highest BCUT2D eigenvalue weighted by Crippen LogP contribution is 2.74. The van der Waals surface area contributed by atoms with Gasteiger partial charge in [-0.1, -0.05) is 32.4 Å². The van der Waals surface area contributed by atoms with E-state index in [0.29, 0.717) is 12.8 Å². The van der Waals surface area contributed by atoms with Crippen molar-refractivity contribution in [3.05, 3.63) is 23.8 Å². The first-order valence-corrected chi connectivity index (χ1v) is 14.4. The van der Waals surface area contributed by atoms with Crippen LogP contribution in [0, 0.1) is 39.4 Å². The molecule has 0 bridgehead atoms. The minimum atomic E-state index is -1.99. The number of carbonyl (C=O) groups is 4. The van der Waals surface area contributed by atoms with Crippen molar-refractivity contribution in [1.29, 1.82) is 0 Å². The molecule has 4 aliphatic carbocycles. The molecule has 0 radical (unpaired) electrons. The minimum Gasteiger partial charge on any atom is -0.456 e. The van der Waals surface area contributed by atoms with Crippen molar-refractivity contribution in [3.63, 3.8) is 0 Å². The SMILES string of the molecule is CC(=O)OC(C)(C)/C=C/C(=O)[C@](C)(O)[C@H]1[C@H](O)C[C@]2(C)[C@H]3CC=C4[C@H](C[C@@H](O)C(=O)C4(C)C)[C@]3(C)C(=O)C[C@]12C. The van der Waals surface area contributed by atoms with Crippen LogP contribution in [0.4, 0.5) is 0 Å². The van der Waals surface area contributed by atoms with E-state index in [9.17, 15) is 34.5 Å². The van der Waals surface area contributed by atoms with Crippen LogP contribution in [-0.2, 0) is 23.9 Å². The number of carbonyl (C=O) groups excluding carboxylic acids is 4. The third kappa shape index (κ3) is 4.11. The van der Waals surface area contributed by atoms with Gasteiger partial charge in [-0.25, -0.2) is 0 Å². The summed E-state index contributed by atoms with van der Waals surface area (Å²) in [7, 11) is 0. The van der Waals surface area contributed by atoms with Crippen molar-refractivity contribution >= 4 is 23.3 Å². The largest absolute Gasteiger partial charge is 0.456 e. The van der Waals surface area contributed by atoms with Crippen molar-refractivity contribution in [1.82, 2.24) is 0 Å². The lowest BCUT2D eigenvalue weighted by atomic mass is 9.38. The first-order valence-electron chi connectivity index (χ1n) is 14.4. The van der Waals surface area contributed by atoms with Gasteiger partial charge in [-0.2, -0.15) is 0 Å². The second-order valence-corrected chi connectivity index (χ2v) is 14.8. The molecule has 0 saturated heterocycles. The van der Waals surface area contributed by atoms with Gasteiger partial charge in [0, 0.05) is 30.1 Å². The van der Waals surface area contributed by atoms with E-state index in [1.165, 1.54) is 26.0 Å². The maximum absolute atomic E-state index is 14.3. The summed E-state index contributed by atoms with van der Waals surface area (Å²) >= 11 is 0. The molecule has 9 atom stereocenters. The molecule has 0 amide bonds. The van der Waals surface area contributed by atoms with Crippen molar-refractivity contribution in [3.8, 4) is 0 Å². The van der Waals surface area contributed by atoms with E-state index in [4.69, 9.17) is 4.74 Å². The van der Waals surface area contributed by atoms with Crippen LogP contribution in [0.1, 0.15) is 88.0 Å². The molecule has 0 unspecified atom stereocenters. The summed E-state index contributed by atoms with van der Waals surface area (Å²) in [5, 5.41) is 34.0. The number of Topliss-reactive ketones (excluding diaryl/α,β-unsaturated/α-hetero) is 2. The van der Waals surface area contributed by atoms with E-state index in [1.54, 1.807) is 13.8 Å². The lowest BCUT2D eigenvalue weighted by molar-refractivity contribution is -0.183. The number of hydrogen-bond donors (Lipinski definition) is 3. The molecule has 4 aliphatic rings. The van der Waals surface area contributed by atoms with Crippen LogP contribution in [-0.4, -0.2) is 62.0 Å². The van der Waals surface area contributed by atoms with Gasteiger partial charge in [0.05, 0.1) is 6.10 Å². The number of hydrogen-bond acceptors (Lipinski definition) is 8. The Balaban J connectivity index is 1.75. The van der Waals surface area contributed by atoms with Crippen LogP contribution in [0.15, 0.2) is 23.8 Å². The van der Waals surface area contributed by atoms with Crippen molar-refractivity contribution in [2.75, 3.05) is 0 Å². The molecule has 8 nitrogen and oxygen atoms in total. The monoisotopic (exact) mass is 558 g/mol. The molecule has 40 heavy (non-hydrogen) atoms. The Morgan fingerprint density at radius 3 is 2.23 bits per heavy atom. The van der Waals surface area contributed by atoms with Crippen LogP contribution in [0.3, 0.4) is 0 Å². The zero-order valence-electron chi connectivity index (χ0n) is 25.3. The molecule has 3 saturated carbocycles. The molecule has 3 N–H and O–H groups in total. The molecule has 0 heterocycles. The van der Waals surface area contributed by atoms with Gasteiger partial charge < -0.3 is 20.1 Å². The van der Waals surface area contributed by atoms with Gasteiger partial charge in [-0.3, -0.25) is 19.2 Å². The fourth-order valence-corrected chi connectivity index (χ4v) is 9.40. The van der Waals surface area contributed by atoms with Crippen LogP contribution in [0.25, 0.3) is 0 Å². The standard InChI is InChI=1S/C32H46O8/c1-17(33)40-27(2,3)13-12-23(36)32(9,39)25-21(35)15-29(6)22-11-10-18-19(14-20(34)26(38)28(18,4)5)31(22,8)24(37)16-30(25,29)7/h10,12-13,19-22,25,34-35,39H,11,14-16H2,1-9H3/b13-12+/t19-,20+,21+,22+,25-,29+,30+,31-,32-/m0/s1. The molecule has 3 fully saturated rings. The molecule has 0 aromatic rings. The molecule has 0 aromatic carbocycles. The Hall–Kier alpha value is -2.16. The summed E-state index contributed by atoms with van der Waals surface area (Å²) in [5.74, 6) is -2.85. The van der Waals surface area contributed by atoms with Crippen molar-refractivity contribution < 1.29 is 39.2 Å². The van der Waals surface area contributed by atoms with Crippen LogP contribution in [0.2, 0.25) is 0 Å². The molecular weight excluding hydrogens is 512 g/mol. The van der Waals surface area contributed by atoms with E-state index in [2.05, 4.69) is 13.0 Å². The summed E-state index contributed by atoms with van der Waals surface area (Å²) in [5.41, 5.74) is -5.43. The second kappa shape index (κ2) is 9.17. The average Bonchev–Trinajstić information content (AvgIpc) is 3.01. The Morgan fingerprint density at radius 2 is 1.65 bits per heavy atom. The number of rotatable bonds is 5. The van der Waals surface area contributed by atoms with Crippen LogP contribution >= 0.6 is 0 Å². The molecule has 0 spiro atoms. The predicted molar refractivity (Wildman–Crippen MR) is 148 cm³/mol. The number of allylic oxidation sites excluding steroid dienone is 2. The van der Waals surface area contributed by atoms with Crippen molar-refractivity contribution in [2.24, 2.45) is 39.4 Å². The maximum atomic E-state index is 14.3. The number of aliphatic hydroxyl groups is 3. The first-order chi connectivity index (χ1) is 18.1. The van der Waals surface area contributed by atoms with Gasteiger partial charge in [-0.15, -0.1) is 0 Å². The smallest absolute Gasteiger partial charge is 0.303 e. The van der Waals surface area contributed by atoms with Crippen LogP contribution in [0.5, 0.6) is 0 Å². The van der Waals surface area contributed by atoms with E-state index in [1.807, 2.05) is 27.7 Å². The quantitative estimate of drug-likeness (QED) is 0.265. The Kier molecular flexibility index (Phi) is 7.06. The molecule has 4 rings (SSSR count). The highest BCUT2D eigenvalue weighted by molar-refractivity contribution is 5.98. The van der Waals surface area contributed by atoms with E-state index < -0.39 is 62.7 Å². The van der Waals surface area contributed by atoms with Gasteiger partial charge in [-0.05, 0) is 88.7 Å². The summed E-state index contributed by atoms with van der Waals surface area (Å²) < 4.78 is 5.23. The number of esters is 1. The molecule has 0 aliphatic heterocycles. The molecule has 0 aromatic heterocycles. The number of ether oxygens (including phenoxy) is 1. The topological polar surface area (TPSA) is 138 Å². The summed E-state index contributed by atoms with van der Waals surface area (Å²) in [6.07, 6.45) is 3.55. The van der Waals surface area contributed by atoms with Gasteiger partial charge in [0.15, 0.2) is 11.6 Å². The molecule has 222 valence electrons. The highest BCUT2D eigenvalue weighted by atomic mass is 16.6. The molecule has 8 heteroatoms. The fourth-order valence-electron chi connectivity index (χ4n) is 9.40. The van der Waals surface area contributed by atoms with Crippen molar-refractivity contribution in [2.45, 2.75) is 111 Å². The zero-order chi connectivity index (χ0) is 30.4. The highest BCUT2D eigenvalue weighted by Gasteiger charge is 2.74. The Labute approximate surface area is 237 Å². The van der Waals surface area contributed by atoms with Gasteiger partial charge in [0.2, 0.25) is 0 Å². The lowest BCUT2D eigenvalue weighted by Crippen LogP contribution is -2.65. The zero-order valence-corrected chi connectivity index (χ0v) is 25.3.